The second-order valence-electron chi connectivity index (χ2n) is 3.11. The van der Waals surface area contributed by atoms with Crippen LogP contribution >= 0.6 is 11.6 Å². The number of hydrogen-bond donors (Lipinski definition) is 0. The van der Waals surface area contributed by atoms with Gasteiger partial charge >= 0.3 is 0 Å². The first kappa shape index (κ1) is 10.9. The number of ether oxygens (including phenoxy) is 1. The van der Waals surface area contributed by atoms with E-state index in [1.165, 1.54) is 0 Å². The molecular formula is C11H14ClNO. The first-order chi connectivity index (χ1) is 6.61. The van der Waals surface area contributed by atoms with Crippen LogP contribution in [0.25, 0.3) is 6.08 Å². The van der Waals surface area contributed by atoms with E-state index < -0.39 is 0 Å². The molecule has 0 aromatic heterocycles. The zero-order valence-corrected chi connectivity index (χ0v) is 9.43. The molecule has 0 heterocycles. The molecule has 0 aliphatic heterocycles. The van der Waals surface area contributed by atoms with Crippen molar-refractivity contribution in [2.24, 2.45) is 0 Å². The summed E-state index contributed by atoms with van der Waals surface area (Å²) in [6.45, 7) is 3.74. The molecular weight excluding hydrogens is 198 g/mol. The molecule has 0 aliphatic carbocycles. The lowest BCUT2D eigenvalue weighted by Gasteiger charge is -2.18. The van der Waals surface area contributed by atoms with Gasteiger partial charge in [-0.25, -0.2) is 0 Å². The maximum absolute atomic E-state index is 6.14. The number of benzene rings is 1. The van der Waals surface area contributed by atoms with Gasteiger partial charge in [-0.15, -0.1) is 0 Å². The lowest BCUT2D eigenvalue weighted by atomic mass is 10.1. The Hall–Kier alpha value is -1.15. The fourth-order valence-electron chi connectivity index (χ4n) is 1.30. The van der Waals surface area contributed by atoms with Gasteiger partial charge in [0.05, 0.1) is 12.1 Å². The first-order valence-corrected chi connectivity index (χ1v) is 4.65. The Morgan fingerprint density at radius 1 is 1.43 bits per heavy atom. The molecule has 0 radical (unpaired) electrons. The molecule has 0 atom stereocenters. The molecule has 0 unspecified atom stereocenters. The third kappa shape index (κ3) is 1.85. The SMILES string of the molecule is C=Cc1c(N(C)C)ccc(OC)c1Cl. The molecule has 0 saturated carbocycles. The van der Waals surface area contributed by atoms with Crippen LogP contribution in [0.15, 0.2) is 18.7 Å². The molecule has 1 aromatic carbocycles. The average Bonchev–Trinajstić information content (AvgIpc) is 2.17. The fourth-order valence-corrected chi connectivity index (χ4v) is 1.62. The molecule has 14 heavy (non-hydrogen) atoms. The van der Waals surface area contributed by atoms with Crippen molar-refractivity contribution in [3.8, 4) is 5.75 Å². The van der Waals surface area contributed by atoms with E-state index in [0.717, 1.165) is 11.3 Å². The van der Waals surface area contributed by atoms with Crippen LogP contribution in [-0.4, -0.2) is 21.2 Å². The number of hydrogen-bond acceptors (Lipinski definition) is 2. The summed E-state index contributed by atoms with van der Waals surface area (Å²) in [5, 5.41) is 0.605. The van der Waals surface area contributed by atoms with E-state index in [4.69, 9.17) is 16.3 Å². The highest BCUT2D eigenvalue weighted by Crippen LogP contribution is 2.35. The second-order valence-corrected chi connectivity index (χ2v) is 3.49. The zero-order valence-electron chi connectivity index (χ0n) is 8.67. The van der Waals surface area contributed by atoms with Crippen LogP contribution in [0.4, 0.5) is 5.69 Å². The monoisotopic (exact) mass is 211 g/mol. The summed E-state index contributed by atoms with van der Waals surface area (Å²) >= 11 is 6.14. The molecule has 0 bridgehead atoms. The minimum atomic E-state index is 0.605. The van der Waals surface area contributed by atoms with Crippen LogP contribution < -0.4 is 9.64 Å². The lowest BCUT2D eigenvalue weighted by molar-refractivity contribution is 0.415. The van der Waals surface area contributed by atoms with Gasteiger partial charge in [0.1, 0.15) is 5.75 Å². The van der Waals surface area contributed by atoms with Crippen molar-refractivity contribution in [3.63, 3.8) is 0 Å². The first-order valence-electron chi connectivity index (χ1n) is 4.28. The van der Waals surface area contributed by atoms with Crippen LogP contribution in [0, 0.1) is 0 Å². The highest BCUT2D eigenvalue weighted by molar-refractivity contribution is 6.34. The van der Waals surface area contributed by atoms with Crippen molar-refractivity contribution in [2.75, 3.05) is 26.1 Å². The molecule has 1 aromatic rings. The van der Waals surface area contributed by atoms with Crippen molar-refractivity contribution in [1.29, 1.82) is 0 Å². The highest BCUT2D eigenvalue weighted by atomic mass is 35.5. The molecule has 0 saturated heterocycles. The second kappa shape index (κ2) is 4.38. The summed E-state index contributed by atoms with van der Waals surface area (Å²) in [7, 11) is 5.53. The van der Waals surface area contributed by atoms with Gasteiger partial charge < -0.3 is 9.64 Å². The maximum atomic E-state index is 6.14. The number of halogens is 1. The van der Waals surface area contributed by atoms with E-state index in [1.807, 2.05) is 31.1 Å². The Labute approximate surface area is 89.7 Å². The van der Waals surface area contributed by atoms with Crippen molar-refractivity contribution < 1.29 is 4.74 Å². The minimum Gasteiger partial charge on any atom is -0.495 e. The van der Waals surface area contributed by atoms with E-state index in [0.29, 0.717) is 10.8 Å². The summed E-state index contributed by atoms with van der Waals surface area (Å²) in [5.74, 6) is 0.673. The Morgan fingerprint density at radius 2 is 2.07 bits per heavy atom. The number of methoxy groups -OCH3 is 1. The number of nitrogens with zero attached hydrogens (tertiary/aromatic N) is 1. The van der Waals surface area contributed by atoms with Crippen molar-refractivity contribution in [2.45, 2.75) is 0 Å². The molecule has 76 valence electrons. The van der Waals surface area contributed by atoms with Gasteiger partial charge in [-0.1, -0.05) is 24.3 Å². The Bertz CT molecular complexity index is 347. The van der Waals surface area contributed by atoms with Crippen LogP contribution in [-0.2, 0) is 0 Å². The predicted octanol–water partition coefficient (Wildman–Crippen LogP) is 3.06. The molecule has 2 nitrogen and oxygen atoms in total. The molecule has 0 N–H and O–H groups in total. The summed E-state index contributed by atoms with van der Waals surface area (Å²) in [5.41, 5.74) is 1.93. The van der Waals surface area contributed by atoms with Crippen LogP contribution in [0.2, 0.25) is 5.02 Å². The van der Waals surface area contributed by atoms with Crippen molar-refractivity contribution in [1.82, 2.24) is 0 Å². The molecule has 0 fully saturated rings. The van der Waals surface area contributed by atoms with E-state index in [2.05, 4.69) is 6.58 Å². The van der Waals surface area contributed by atoms with E-state index in [9.17, 15) is 0 Å². The summed E-state index contributed by atoms with van der Waals surface area (Å²) in [6.07, 6.45) is 1.74. The predicted molar refractivity (Wildman–Crippen MR) is 62.4 cm³/mol. The highest BCUT2D eigenvalue weighted by Gasteiger charge is 2.10. The summed E-state index contributed by atoms with van der Waals surface area (Å²) < 4.78 is 5.12. The van der Waals surface area contributed by atoms with Gasteiger partial charge in [0.25, 0.3) is 0 Å². The van der Waals surface area contributed by atoms with Gasteiger partial charge in [0.2, 0.25) is 0 Å². The molecule has 0 amide bonds. The summed E-state index contributed by atoms with van der Waals surface area (Å²) in [6, 6.07) is 3.81. The molecule has 0 spiro atoms. The topological polar surface area (TPSA) is 12.5 Å². The average molecular weight is 212 g/mol. The molecule has 3 heteroatoms. The van der Waals surface area contributed by atoms with E-state index >= 15 is 0 Å². The van der Waals surface area contributed by atoms with Gasteiger partial charge in [-0.2, -0.15) is 0 Å². The number of rotatable bonds is 3. The largest absolute Gasteiger partial charge is 0.495 e. The minimum absolute atomic E-state index is 0.605. The molecule has 0 aliphatic rings. The molecule has 1 rings (SSSR count). The lowest BCUT2D eigenvalue weighted by Crippen LogP contribution is -2.10. The normalized spacial score (nSPS) is 9.71. The van der Waals surface area contributed by atoms with Crippen LogP contribution in [0.3, 0.4) is 0 Å². The van der Waals surface area contributed by atoms with Gasteiger partial charge in [-0.05, 0) is 12.1 Å². The van der Waals surface area contributed by atoms with Gasteiger partial charge in [-0.3, -0.25) is 0 Å². The van der Waals surface area contributed by atoms with Crippen molar-refractivity contribution >= 4 is 23.4 Å². The summed E-state index contributed by atoms with van der Waals surface area (Å²) in [4.78, 5) is 1.99. The maximum Gasteiger partial charge on any atom is 0.138 e. The Balaban J connectivity index is 3.35. The Kier molecular flexibility index (Phi) is 3.42. The smallest absolute Gasteiger partial charge is 0.138 e. The van der Waals surface area contributed by atoms with Gasteiger partial charge in [0, 0.05) is 25.3 Å². The van der Waals surface area contributed by atoms with Crippen LogP contribution in [0.5, 0.6) is 5.75 Å². The van der Waals surface area contributed by atoms with Crippen LogP contribution in [0.1, 0.15) is 5.56 Å². The number of anilines is 1. The van der Waals surface area contributed by atoms with E-state index in [1.54, 1.807) is 13.2 Å². The van der Waals surface area contributed by atoms with Crippen molar-refractivity contribution in [3.05, 3.63) is 29.3 Å². The standard InChI is InChI=1S/C11H14ClNO/c1-5-8-9(13(2)3)6-7-10(14-4)11(8)12/h5-7H,1H2,2-4H3. The third-order valence-electron chi connectivity index (χ3n) is 2.03. The quantitative estimate of drug-likeness (QED) is 0.762. The van der Waals surface area contributed by atoms with Gasteiger partial charge in [0.15, 0.2) is 0 Å². The fraction of sp³-hybridized carbons (Fsp3) is 0.273. The van der Waals surface area contributed by atoms with E-state index in [-0.39, 0.29) is 0 Å². The zero-order chi connectivity index (χ0) is 10.7. The Morgan fingerprint density at radius 3 is 2.50 bits per heavy atom. The third-order valence-corrected chi connectivity index (χ3v) is 2.42.